The number of methoxy groups -OCH3 is 1. The summed E-state index contributed by atoms with van der Waals surface area (Å²) in [6, 6.07) is 3.45. The maximum atomic E-state index is 12.2. The van der Waals surface area contributed by atoms with Crippen molar-refractivity contribution >= 4 is 5.91 Å². The number of ether oxygens (including phenoxy) is 1. The van der Waals surface area contributed by atoms with Crippen LogP contribution >= 0.6 is 0 Å². The Bertz CT molecular complexity index is 615. The fourth-order valence-corrected chi connectivity index (χ4v) is 2.75. The molecular formula is C16H22N4O3. The Morgan fingerprint density at radius 1 is 1.35 bits per heavy atom. The van der Waals surface area contributed by atoms with Crippen LogP contribution in [0.15, 0.2) is 35.2 Å². The molecule has 3 heterocycles. The second-order valence-electron chi connectivity index (χ2n) is 5.58. The van der Waals surface area contributed by atoms with Gasteiger partial charge in [0.15, 0.2) is 5.76 Å². The van der Waals surface area contributed by atoms with Crippen molar-refractivity contribution in [2.45, 2.75) is 13.1 Å². The summed E-state index contributed by atoms with van der Waals surface area (Å²) in [5, 5.41) is 0. The third-order valence-electron chi connectivity index (χ3n) is 4.09. The van der Waals surface area contributed by atoms with Crippen molar-refractivity contribution in [2.24, 2.45) is 0 Å². The van der Waals surface area contributed by atoms with Crippen molar-refractivity contribution < 1.29 is 13.9 Å². The molecule has 0 radical (unpaired) electrons. The number of amides is 1. The summed E-state index contributed by atoms with van der Waals surface area (Å²) in [7, 11) is 1.70. The van der Waals surface area contributed by atoms with Crippen LogP contribution in [0.25, 0.3) is 0 Å². The van der Waals surface area contributed by atoms with Crippen molar-refractivity contribution in [1.82, 2.24) is 19.4 Å². The van der Waals surface area contributed by atoms with Crippen LogP contribution in [0, 0.1) is 0 Å². The van der Waals surface area contributed by atoms with Gasteiger partial charge in [-0.25, -0.2) is 4.98 Å². The molecule has 1 amide bonds. The van der Waals surface area contributed by atoms with Crippen LogP contribution < -0.4 is 0 Å². The number of hydrogen-bond acceptors (Lipinski definition) is 5. The Hall–Kier alpha value is -2.12. The Morgan fingerprint density at radius 2 is 2.17 bits per heavy atom. The summed E-state index contributed by atoms with van der Waals surface area (Å²) in [4.78, 5) is 20.8. The maximum Gasteiger partial charge on any atom is 0.289 e. The summed E-state index contributed by atoms with van der Waals surface area (Å²) in [5.74, 6) is 1.41. The highest BCUT2D eigenvalue weighted by molar-refractivity contribution is 5.91. The Morgan fingerprint density at radius 3 is 2.87 bits per heavy atom. The van der Waals surface area contributed by atoms with Gasteiger partial charge in [-0.3, -0.25) is 9.69 Å². The highest BCUT2D eigenvalue weighted by atomic mass is 16.5. The number of piperazine rings is 1. The number of rotatable bonds is 6. The van der Waals surface area contributed by atoms with Gasteiger partial charge in [-0.15, -0.1) is 0 Å². The largest absolute Gasteiger partial charge is 0.459 e. The summed E-state index contributed by atoms with van der Waals surface area (Å²) in [6.07, 6.45) is 5.33. The summed E-state index contributed by atoms with van der Waals surface area (Å²) >= 11 is 0. The van der Waals surface area contributed by atoms with E-state index in [1.807, 2.05) is 17.3 Å². The van der Waals surface area contributed by atoms with Crippen LogP contribution in [0.1, 0.15) is 16.4 Å². The van der Waals surface area contributed by atoms with Crippen molar-refractivity contribution in [3.8, 4) is 0 Å². The molecule has 2 aromatic rings. The van der Waals surface area contributed by atoms with E-state index in [4.69, 9.17) is 9.15 Å². The molecule has 0 saturated carbocycles. The van der Waals surface area contributed by atoms with E-state index >= 15 is 0 Å². The molecule has 0 N–H and O–H groups in total. The normalized spacial score (nSPS) is 16.0. The lowest BCUT2D eigenvalue weighted by Gasteiger charge is -2.34. The van der Waals surface area contributed by atoms with Crippen LogP contribution in [0.2, 0.25) is 0 Å². The van der Waals surface area contributed by atoms with Crippen molar-refractivity contribution in [3.05, 3.63) is 42.4 Å². The first-order valence-electron chi connectivity index (χ1n) is 7.82. The van der Waals surface area contributed by atoms with Crippen molar-refractivity contribution in [2.75, 3.05) is 39.9 Å². The van der Waals surface area contributed by atoms with Crippen LogP contribution in [-0.2, 0) is 17.8 Å². The molecule has 7 nitrogen and oxygen atoms in total. The molecule has 23 heavy (non-hydrogen) atoms. The van der Waals surface area contributed by atoms with Gasteiger partial charge in [0.05, 0.1) is 19.4 Å². The van der Waals surface area contributed by atoms with E-state index in [0.29, 0.717) is 25.5 Å². The molecule has 2 aromatic heterocycles. The maximum absolute atomic E-state index is 12.2. The molecule has 3 rings (SSSR count). The zero-order valence-electron chi connectivity index (χ0n) is 13.4. The van der Waals surface area contributed by atoms with E-state index < -0.39 is 0 Å². The Labute approximate surface area is 135 Å². The minimum atomic E-state index is -0.0313. The number of carbonyl (C=O) groups excluding carboxylic acids is 1. The Kier molecular flexibility index (Phi) is 5.09. The van der Waals surface area contributed by atoms with E-state index in [-0.39, 0.29) is 5.91 Å². The van der Waals surface area contributed by atoms with Gasteiger partial charge in [0.25, 0.3) is 5.91 Å². The molecule has 0 spiro atoms. The minimum Gasteiger partial charge on any atom is -0.459 e. The number of furan rings is 1. The molecule has 1 saturated heterocycles. The zero-order chi connectivity index (χ0) is 16.1. The molecular weight excluding hydrogens is 296 g/mol. The van der Waals surface area contributed by atoms with E-state index in [2.05, 4.69) is 14.5 Å². The van der Waals surface area contributed by atoms with Gasteiger partial charge >= 0.3 is 0 Å². The lowest BCUT2D eigenvalue weighted by Crippen LogP contribution is -2.48. The first kappa shape index (κ1) is 15.8. The first-order chi connectivity index (χ1) is 11.3. The molecule has 1 aliphatic heterocycles. The van der Waals surface area contributed by atoms with E-state index in [9.17, 15) is 4.79 Å². The Balaban J connectivity index is 1.51. The molecule has 0 bridgehead atoms. The van der Waals surface area contributed by atoms with Crippen molar-refractivity contribution in [1.29, 1.82) is 0 Å². The van der Waals surface area contributed by atoms with Crippen molar-refractivity contribution in [3.63, 3.8) is 0 Å². The highest BCUT2D eigenvalue weighted by Gasteiger charge is 2.24. The average Bonchev–Trinajstić information content (AvgIpc) is 3.25. The van der Waals surface area contributed by atoms with Gasteiger partial charge in [-0.1, -0.05) is 0 Å². The third-order valence-corrected chi connectivity index (χ3v) is 4.09. The minimum absolute atomic E-state index is 0.0313. The summed E-state index contributed by atoms with van der Waals surface area (Å²) in [6.45, 7) is 5.36. The van der Waals surface area contributed by atoms with E-state index in [1.54, 1.807) is 19.2 Å². The smallest absolute Gasteiger partial charge is 0.289 e. The SMILES string of the molecule is COCCn1ccnc1CN1CCN(C(=O)c2ccco2)CC1. The molecule has 0 aliphatic carbocycles. The molecule has 1 aliphatic rings. The number of hydrogen-bond donors (Lipinski definition) is 0. The van der Waals surface area contributed by atoms with Crippen LogP contribution in [0.4, 0.5) is 0 Å². The second kappa shape index (κ2) is 7.43. The zero-order valence-corrected chi connectivity index (χ0v) is 13.4. The number of nitrogens with zero attached hydrogens (tertiary/aromatic N) is 4. The standard InChI is InChI=1S/C16H22N4O3/c1-22-12-10-19-5-4-17-15(19)13-18-6-8-20(9-7-18)16(21)14-3-2-11-23-14/h2-5,11H,6-10,12-13H2,1H3. The van der Waals surface area contributed by atoms with E-state index in [1.165, 1.54) is 6.26 Å². The van der Waals surface area contributed by atoms with Gasteiger partial charge in [-0.2, -0.15) is 0 Å². The first-order valence-corrected chi connectivity index (χ1v) is 7.82. The number of imidazole rings is 1. The third kappa shape index (κ3) is 3.80. The predicted octanol–water partition coefficient (Wildman–Crippen LogP) is 1.08. The van der Waals surface area contributed by atoms with Gasteiger partial charge < -0.3 is 18.6 Å². The number of aromatic nitrogens is 2. The van der Waals surface area contributed by atoms with Gasteiger partial charge in [0.2, 0.25) is 0 Å². The van der Waals surface area contributed by atoms with Crippen LogP contribution in [0.5, 0.6) is 0 Å². The monoisotopic (exact) mass is 318 g/mol. The fourth-order valence-electron chi connectivity index (χ4n) is 2.75. The molecule has 124 valence electrons. The van der Waals surface area contributed by atoms with E-state index in [0.717, 1.165) is 32.0 Å². The van der Waals surface area contributed by atoms with Gasteiger partial charge in [0, 0.05) is 52.2 Å². The van der Waals surface area contributed by atoms with Gasteiger partial charge in [-0.05, 0) is 12.1 Å². The quantitative estimate of drug-likeness (QED) is 0.797. The fraction of sp³-hybridized carbons (Fsp3) is 0.500. The lowest BCUT2D eigenvalue weighted by atomic mass is 10.3. The highest BCUT2D eigenvalue weighted by Crippen LogP contribution is 2.11. The summed E-state index contributed by atoms with van der Waals surface area (Å²) in [5.41, 5.74) is 0. The predicted molar refractivity (Wildman–Crippen MR) is 84.0 cm³/mol. The van der Waals surface area contributed by atoms with Crippen LogP contribution in [0.3, 0.4) is 0 Å². The molecule has 1 fully saturated rings. The average molecular weight is 318 g/mol. The number of carbonyl (C=O) groups is 1. The topological polar surface area (TPSA) is 63.7 Å². The lowest BCUT2D eigenvalue weighted by molar-refractivity contribution is 0.0593. The molecule has 0 aromatic carbocycles. The van der Waals surface area contributed by atoms with Crippen LogP contribution in [-0.4, -0.2) is 65.2 Å². The molecule has 0 unspecified atom stereocenters. The molecule has 0 atom stereocenters. The molecule has 7 heteroatoms. The summed E-state index contributed by atoms with van der Waals surface area (Å²) < 4.78 is 12.4. The second-order valence-corrected chi connectivity index (χ2v) is 5.58. The van der Waals surface area contributed by atoms with Gasteiger partial charge in [0.1, 0.15) is 5.82 Å².